The molecule has 1 rings (SSSR count). The van der Waals surface area contributed by atoms with Crippen molar-refractivity contribution >= 4 is 11.8 Å². The summed E-state index contributed by atoms with van der Waals surface area (Å²) in [5.74, 6) is 0.338. The molecule has 0 aliphatic heterocycles. The molecule has 0 saturated carbocycles. The molecule has 6 nitrogen and oxygen atoms in total. The first kappa shape index (κ1) is 8.54. The molecule has 0 bridgehead atoms. The van der Waals surface area contributed by atoms with Crippen LogP contribution in [0.5, 0.6) is 0 Å². The van der Waals surface area contributed by atoms with E-state index in [1.54, 1.807) is 0 Å². The van der Waals surface area contributed by atoms with Gasteiger partial charge in [0.05, 0.1) is 6.61 Å². The van der Waals surface area contributed by atoms with Gasteiger partial charge in [0.25, 0.3) is 0 Å². The second-order valence-corrected chi connectivity index (χ2v) is 1.98. The minimum absolute atomic E-state index is 0.0910. The van der Waals surface area contributed by atoms with Crippen LogP contribution in [0.4, 0.5) is 10.6 Å². The van der Waals surface area contributed by atoms with Crippen LogP contribution in [0, 0.1) is 0 Å². The molecule has 12 heavy (non-hydrogen) atoms. The van der Waals surface area contributed by atoms with Gasteiger partial charge in [0.2, 0.25) is 0 Å². The Morgan fingerprint density at radius 3 is 3.17 bits per heavy atom. The fourth-order valence-electron chi connectivity index (χ4n) is 0.604. The number of rotatable bonds is 3. The normalized spacial score (nSPS) is 9.42. The highest BCUT2D eigenvalue weighted by atomic mass is 16.3. The van der Waals surface area contributed by atoms with Crippen molar-refractivity contribution in [2.45, 2.75) is 0 Å². The number of aromatic nitrogens is 1. The summed E-state index contributed by atoms with van der Waals surface area (Å²) < 4.78 is 4.62. The molecule has 1 aromatic rings. The zero-order chi connectivity index (χ0) is 8.81. The lowest BCUT2D eigenvalue weighted by Gasteiger charge is -2.01. The lowest BCUT2D eigenvalue weighted by Crippen LogP contribution is -2.31. The number of anilines is 1. The Balaban J connectivity index is 2.27. The molecule has 0 aromatic carbocycles. The second-order valence-electron chi connectivity index (χ2n) is 1.98. The van der Waals surface area contributed by atoms with Crippen LogP contribution in [0.15, 0.2) is 17.1 Å². The fourth-order valence-corrected chi connectivity index (χ4v) is 0.604. The predicted octanol–water partition coefficient (Wildman–Crippen LogP) is -0.212. The number of aliphatic hydroxyl groups is 1. The molecule has 6 heteroatoms. The van der Waals surface area contributed by atoms with Gasteiger partial charge in [0.1, 0.15) is 6.26 Å². The van der Waals surface area contributed by atoms with E-state index < -0.39 is 6.03 Å². The van der Waals surface area contributed by atoms with Crippen molar-refractivity contribution in [3.8, 4) is 0 Å². The topological polar surface area (TPSA) is 87.4 Å². The van der Waals surface area contributed by atoms with Crippen LogP contribution in [0.3, 0.4) is 0 Å². The molecule has 0 aliphatic carbocycles. The summed E-state index contributed by atoms with van der Waals surface area (Å²) >= 11 is 0. The van der Waals surface area contributed by atoms with Crippen molar-refractivity contribution in [1.29, 1.82) is 0 Å². The average Bonchev–Trinajstić information content (AvgIpc) is 2.53. The lowest BCUT2D eigenvalue weighted by atomic mass is 10.6. The predicted molar refractivity (Wildman–Crippen MR) is 40.6 cm³/mol. The number of amides is 2. The van der Waals surface area contributed by atoms with Crippen molar-refractivity contribution < 1.29 is 14.3 Å². The summed E-state index contributed by atoms with van der Waals surface area (Å²) in [4.78, 5) is 14.5. The van der Waals surface area contributed by atoms with Crippen LogP contribution >= 0.6 is 0 Å². The van der Waals surface area contributed by atoms with Gasteiger partial charge in [-0.1, -0.05) is 0 Å². The molecule has 0 spiro atoms. The molecule has 0 unspecified atom stereocenters. The monoisotopic (exact) mass is 171 g/mol. The maximum absolute atomic E-state index is 10.9. The molecule has 3 N–H and O–H groups in total. The maximum atomic E-state index is 10.9. The van der Waals surface area contributed by atoms with E-state index in [1.807, 2.05) is 0 Å². The Morgan fingerprint density at radius 1 is 1.75 bits per heavy atom. The van der Waals surface area contributed by atoms with Crippen molar-refractivity contribution in [2.75, 3.05) is 18.5 Å². The average molecular weight is 171 g/mol. The van der Waals surface area contributed by atoms with E-state index in [0.29, 0.717) is 5.82 Å². The molecule has 1 heterocycles. The number of hydrogen-bond acceptors (Lipinski definition) is 4. The van der Waals surface area contributed by atoms with E-state index in [4.69, 9.17) is 5.11 Å². The van der Waals surface area contributed by atoms with E-state index >= 15 is 0 Å². The molecule has 0 radical (unpaired) electrons. The van der Waals surface area contributed by atoms with E-state index in [9.17, 15) is 4.79 Å². The van der Waals surface area contributed by atoms with Crippen LogP contribution in [0.2, 0.25) is 0 Å². The minimum Gasteiger partial charge on any atom is -0.449 e. The van der Waals surface area contributed by atoms with Crippen LogP contribution < -0.4 is 10.6 Å². The summed E-state index contributed by atoms with van der Waals surface area (Å²) in [7, 11) is 0. The summed E-state index contributed by atoms with van der Waals surface area (Å²) in [5.41, 5.74) is 0. The Morgan fingerprint density at radius 2 is 2.58 bits per heavy atom. The molecule has 1 aromatic heterocycles. The van der Waals surface area contributed by atoms with Crippen LogP contribution in [0.1, 0.15) is 0 Å². The Bertz CT molecular complexity index is 234. The zero-order valence-electron chi connectivity index (χ0n) is 6.28. The number of urea groups is 1. The highest BCUT2D eigenvalue weighted by molar-refractivity contribution is 5.87. The number of hydrogen-bond donors (Lipinski definition) is 3. The highest BCUT2D eigenvalue weighted by Gasteiger charge is 2.01. The van der Waals surface area contributed by atoms with Crippen molar-refractivity contribution in [3.05, 3.63) is 12.7 Å². The Kier molecular flexibility index (Phi) is 3.09. The van der Waals surface area contributed by atoms with E-state index in [-0.39, 0.29) is 13.2 Å². The second kappa shape index (κ2) is 4.35. The lowest BCUT2D eigenvalue weighted by molar-refractivity contribution is 0.244. The van der Waals surface area contributed by atoms with Gasteiger partial charge < -0.3 is 14.8 Å². The third-order valence-corrected chi connectivity index (χ3v) is 1.07. The van der Waals surface area contributed by atoms with E-state index in [1.165, 1.54) is 12.7 Å². The number of carbonyl (C=O) groups is 1. The van der Waals surface area contributed by atoms with Gasteiger partial charge in [-0.05, 0) is 0 Å². The molecule has 66 valence electrons. The van der Waals surface area contributed by atoms with Crippen LogP contribution in [-0.2, 0) is 0 Å². The summed E-state index contributed by atoms with van der Waals surface area (Å²) in [6.45, 7) is 0.121. The molecular formula is C6H9N3O3. The number of aliphatic hydroxyl groups excluding tert-OH is 1. The van der Waals surface area contributed by atoms with Gasteiger partial charge in [-0.3, -0.25) is 5.32 Å². The first-order valence-corrected chi connectivity index (χ1v) is 3.37. The SMILES string of the molecule is O=C(NCCO)Nc1cocn1. The first-order valence-electron chi connectivity index (χ1n) is 3.37. The first-order chi connectivity index (χ1) is 5.83. The standard InChI is InChI=1S/C6H9N3O3/c10-2-1-7-6(11)9-5-3-12-4-8-5/h3-4,10H,1-2H2,(H2,7,9,11). The molecular weight excluding hydrogens is 162 g/mol. The number of nitrogens with zero attached hydrogens (tertiary/aromatic N) is 1. The summed E-state index contributed by atoms with van der Waals surface area (Å²) in [5, 5.41) is 13.1. The third-order valence-electron chi connectivity index (χ3n) is 1.07. The van der Waals surface area contributed by atoms with Gasteiger partial charge in [-0.15, -0.1) is 0 Å². The highest BCUT2D eigenvalue weighted by Crippen LogP contribution is 1.99. The number of carbonyl (C=O) groups excluding carboxylic acids is 1. The molecule has 0 aliphatic rings. The van der Waals surface area contributed by atoms with Gasteiger partial charge in [0.15, 0.2) is 12.2 Å². The van der Waals surface area contributed by atoms with Crippen LogP contribution in [0.25, 0.3) is 0 Å². The Hall–Kier alpha value is -1.56. The third kappa shape index (κ3) is 2.59. The van der Waals surface area contributed by atoms with Gasteiger partial charge >= 0.3 is 6.03 Å². The van der Waals surface area contributed by atoms with Crippen molar-refractivity contribution in [3.63, 3.8) is 0 Å². The number of oxazole rings is 1. The van der Waals surface area contributed by atoms with E-state index in [0.717, 1.165) is 0 Å². The number of nitrogens with one attached hydrogen (secondary N) is 2. The quantitative estimate of drug-likeness (QED) is 0.587. The molecule has 0 atom stereocenters. The van der Waals surface area contributed by atoms with Gasteiger partial charge in [-0.2, -0.15) is 4.98 Å². The Labute approximate surface area is 68.6 Å². The smallest absolute Gasteiger partial charge is 0.320 e. The van der Waals surface area contributed by atoms with Crippen LogP contribution in [-0.4, -0.2) is 29.3 Å². The summed E-state index contributed by atoms with van der Waals surface area (Å²) in [6, 6.07) is -0.419. The molecule has 0 saturated heterocycles. The van der Waals surface area contributed by atoms with Crippen molar-refractivity contribution in [2.24, 2.45) is 0 Å². The largest absolute Gasteiger partial charge is 0.449 e. The molecule has 0 fully saturated rings. The maximum Gasteiger partial charge on any atom is 0.320 e. The molecule has 2 amide bonds. The van der Waals surface area contributed by atoms with Gasteiger partial charge in [-0.25, -0.2) is 4.79 Å². The zero-order valence-corrected chi connectivity index (χ0v) is 6.28. The van der Waals surface area contributed by atoms with Crippen molar-refractivity contribution in [1.82, 2.24) is 10.3 Å². The van der Waals surface area contributed by atoms with Gasteiger partial charge in [0, 0.05) is 6.54 Å². The minimum atomic E-state index is -0.419. The van der Waals surface area contributed by atoms with E-state index in [2.05, 4.69) is 20.0 Å². The summed E-state index contributed by atoms with van der Waals surface area (Å²) in [6.07, 6.45) is 2.51. The fraction of sp³-hybridized carbons (Fsp3) is 0.333.